The van der Waals surface area contributed by atoms with E-state index in [1.54, 1.807) is 6.07 Å². The van der Waals surface area contributed by atoms with Crippen LogP contribution in [-0.4, -0.2) is 26.7 Å². The maximum absolute atomic E-state index is 13.3. The lowest BCUT2D eigenvalue weighted by atomic mass is 9.97. The Labute approximate surface area is 134 Å². The van der Waals surface area contributed by atoms with Crippen LogP contribution in [0, 0.1) is 6.92 Å². The number of aryl methyl sites for hydroxylation is 2. The summed E-state index contributed by atoms with van der Waals surface area (Å²) in [5.74, 6) is -1.52. The highest BCUT2D eigenvalue weighted by atomic mass is 32.1. The highest BCUT2D eigenvalue weighted by molar-refractivity contribution is 7.11. The molecule has 0 saturated heterocycles. The topological polar surface area (TPSA) is 67.2 Å². The lowest BCUT2D eigenvalue weighted by molar-refractivity contribution is -0.271. The largest absolute Gasteiger partial charge is 0.425 e. The Bertz CT molecular complexity index is 695. The van der Waals surface area contributed by atoms with Crippen molar-refractivity contribution in [2.45, 2.75) is 31.7 Å². The molecule has 5 nitrogen and oxygen atoms in total. The van der Waals surface area contributed by atoms with Gasteiger partial charge in [-0.3, -0.25) is 4.79 Å². The van der Waals surface area contributed by atoms with Crippen LogP contribution in [0.1, 0.15) is 22.0 Å². The number of carbonyl (C=O) groups is 1. The quantitative estimate of drug-likeness (QED) is 0.872. The van der Waals surface area contributed by atoms with E-state index in [0.717, 1.165) is 20.5 Å². The summed E-state index contributed by atoms with van der Waals surface area (Å²) < 4.78 is 40.9. The molecular weight excluding hydrogens is 331 g/mol. The molecule has 0 spiro atoms. The minimum atomic E-state index is -5.02. The molecule has 2 heterocycles. The minimum absolute atomic E-state index is 0.117. The summed E-state index contributed by atoms with van der Waals surface area (Å²) >= 11 is 1.44. The summed E-state index contributed by atoms with van der Waals surface area (Å²) in [6, 6.07) is 3.64. The van der Waals surface area contributed by atoms with Gasteiger partial charge < -0.3 is 15.0 Å². The highest BCUT2D eigenvalue weighted by Crippen LogP contribution is 2.40. The third kappa shape index (κ3) is 3.73. The van der Waals surface area contributed by atoms with E-state index < -0.39 is 29.9 Å². The molecule has 0 aliphatic rings. The standard InChI is InChI=1S/C14H16F3N3O2S/c1-9-3-4-10(23-9)8-19-11(21)7-13(22,14(15,16)17)12-18-5-6-20(12)2/h3-6,22H,7-8H2,1-2H3,(H,19,21). The van der Waals surface area contributed by atoms with Crippen molar-refractivity contribution >= 4 is 17.2 Å². The first-order chi connectivity index (χ1) is 10.6. The number of rotatable bonds is 5. The van der Waals surface area contributed by atoms with Crippen molar-refractivity contribution < 1.29 is 23.1 Å². The molecule has 1 amide bonds. The zero-order valence-electron chi connectivity index (χ0n) is 12.5. The summed E-state index contributed by atoms with van der Waals surface area (Å²) in [6.07, 6.45) is -3.76. The second kappa shape index (κ2) is 6.32. The normalized spacial score (nSPS) is 14.5. The van der Waals surface area contributed by atoms with Gasteiger partial charge in [-0.2, -0.15) is 13.2 Å². The summed E-state index contributed by atoms with van der Waals surface area (Å²) in [6.45, 7) is 2.01. The number of aliphatic hydroxyl groups is 1. The third-order valence-electron chi connectivity index (χ3n) is 3.33. The molecule has 0 radical (unpaired) electrons. The smallest absolute Gasteiger partial charge is 0.374 e. The molecule has 2 aromatic rings. The minimum Gasteiger partial charge on any atom is -0.374 e. The van der Waals surface area contributed by atoms with Crippen molar-refractivity contribution in [3.05, 3.63) is 40.1 Å². The van der Waals surface area contributed by atoms with Crippen LogP contribution in [0.2, 0.25) is 0 Å². The van der Waals surface area contributed by atoms with Crippen LogP contribution in [-0.2, 0) is 24.0 Å². The number of nitrogens with one attached hydrogen (secondary N) is 1. The number of thiophene rings is 1. The monoisotopic (exact) mass is 347 g/mol. The van der Waals surface area contributed by atoms with Gasteiger partial charge in [0.25, 0.3) is 0 Å². The predicted molar refractivity (Wildman–Crippen MR) is 78.7 cm³/mol. The number of alkyl halides is 3. The molecule has 1 unspecified atom stereocenters. The molecule has 0 aliphatic heterocycles. The van der Waals surface area contributed by atoms with E-state index in [-0.39, 0.29) is 6.54 Å². The molecule has 0 aromatic carbocycles. The van der Waals surface area contributed by atoms with Crippen LogP contribution >= 0.6 is 11.3 Å². The number of aromatic nitrogens is 2. The number of hydrogen-bond acceptors (Lipinski definition) is 4. The van der Waals surface area contributed by atoms with Crippen molar-refractivity contribution in [1.82, 2.24) is 14.9 Å². The van der Waals surface area contributed by atoms with E-state index in [0.29, 0.717) is 0 Å². The number of halogens is 3. The van der Waals surface area contributed by atoms with Crippen molar-refractivity contribution in [3.8, 4) is 0 Å². The van der Waals surface area contributed by atoms with E-state index in [2.05, 4.69) is 10.3 Å². The highest BCUT2D eigenvalue weighted by Gasteiger charge is 2.58. The van der Waals surface area contributed by atoms with Gasteiger partial charge in [0.1, 0.15) is 0 Å². The average molecular weight is 347 g/mol. The number of amides is 1. The van der Waals surface area contributed by atoms with E-state index in [4.69, 9.17) is 0 Å². The Balaban J connectivity index is 2.12. The first-order valence-electron chi connectivity index (χ1n) is 6.72. The van der Waals surface area contributed by atoms with Gasteiger partial charge in [0, 0.05) is 29.2 Å². The molecule has 0 fully saturated rings. The van der Waals surface area contributed by atoms with Gasteiger partial charge in [0.05, 0.1) is 13.0 Å². The molecular formula is C14H16F3N3O2S. The molecule has 2 aromatic heterocycles. The van der Waals surface area contributed by atoms with Gasteiger partial charge in [0.15, 0.2) is 5.82 Å². The third-order valence-corrected chi connectivity index (χ3v) is 4.33. The molecule has 9 heteroatoms. The Kier molecular flexibility index (Phi) is 4.81. The summed E-state index contributed by atoms with van der Waals surface area (Å²) in [7, 11) is 1.32. The first-order valence-corrected chi connectivity index (χ1v) is 7.54. The molecule has 0 aliphatic carbocycles. The van der Waals surface area contributed by atoms with Gasteiger partial charge in [0.2, 0.25) is 11.5 Å². The number of nitrogens with zero attached hydrogens (tertiary/aromatic N) is 2. The van der Waals surface area contributed by atoms with Crippen LogP contribution in [0.4, 0.5) is 13.2 Å². The fourth-order valence-electron chi connectivity index (χ4n) is 2.13. The first kappa shape index (κ1) is 17.5. The van der Waals surface area contributed by atoms with Crippen LogP contribution < -0.4 is 5.32 Å². The SMILES string of the molecule is Cc1ccc(CNC(=O)CC(O)(c2nccn2C)C(F)(F)F)s1. The second-order valence-corrected chi connectivity index (χ2v) is 6.56. The van der Waals surface area contributed by atoms with E-state index in [9.17, 15) is 23.1 Å². The van der Waals surface area contributed by atoms with Crippen molar-refractivity contribution in [3.63, 3.8) is 0 Å². The summed E-state index contributed by atoms with van der Waals surface area (Å²) in [4.78, 5) is 17.3. The Morgan fingerprint density at radius 2 is 2.13 bits per heavy atom. The van der Waals surface area contributed by atoms with Crippen molar-refractivity contribution in [1.29, 1.82) is 0 Å². The Hall–Kier alpha value is -1.87. The fraction of sp³-hybridized carbons (Fsp3) is 0.429. The maximum Gasteiger partial charge on any atom is 0.425 e. The van der Waals surface area contributed by atoms with Gasteiger partial charge in [-0.05, 0) is 19.1 Å². The average Bonchev–Trinajstić information content (AvgIpc) is 3.04. The lowest BCUT2D eigenvalue weighted by Gasteiger charge is -2.29. The molecule has 2 N–H and O–H groups in total. The lowest BCUT2D eigenvalue weighted by Crippen LogP contribution is -2.47. The molecule has 1 atom stereocenters. The van der Waals surface area contributed by atoms with E-state index >= 15 is 0 Å². The maximum atomic E-state index is 13.3. The van der Waals surface area contributed by atoms with E-state index in [1.807, 2.05) is 13.0 Å². The molecule has 23 heavy (non-hydrogen) atoms. The van der Waals surface area contributed by atoms with Gasteiger partial charge in [-0.1, -0.05) is 0 Å². The van der Waals surface area contributed by atoms with Crippen molar-refractivity contribution in [2.75, 3.05) is 0 Å². The van der Waals surface area contributed by atoms with Crippen LogP contribution in [0.3, 0.4) is 0 Å². The fourth-order valence-corrected chi connectivity index (χ4v) is 2.96. The zero-order valence-corrected chi connectivity index (χ0v) is 13.3. The van der Waals surface area contributed by atoms with Gasteiger partial charge in [-0.15, -0.1) is 11.3 Å². The second-order valence-electron chi connectivity index (χ2n) is 5.19. The Morgan fingerprint density at radius 1 is 1.43 bits per heavy atom. The Morgan fingerprint density at radius 3 is 2.61 bits per heavy atom. The van der Waals surface area contributed by atoms with E-state index in [1.165, 1.54) is 24.6 Å². The number of carbonyl (C=O) groups excluding carboxylic acids is 1. The van der Waals surface area contributed by atoms with Gasteiger partial charge in [-0.25, -0.2) is 4.98 Å². The number of imidazole rings is 1. The predicted octanol–water partition coefficient (Wildman–Crippen LogP) is 2.25. The summed E-state index contributed by atoms with van der Waals surface area (Å²) in [5, 5.41) is 12.5. The van der Waals surface area contributed by atoms with Crippen LogP contribution in [0.15, 0.2) is 24.5 Å². The summed E-state index contributed by atoms with van der Waals surface area (Å²) in [5.41, 5.74) is -3.33. The molecule has 0 bridgehead atoms. The number of hydrogen-bond donors (Lipinski definition) is 2. The zero-order chi connectivity index (χ0) is 17.3. The van der Waals surface area contributed by atoms with Crippen molar-refractivity contribution in [2.24, 2.45) is 7.05 Å². The molecule has 0 saturated carbocycles. The van der Waals surface area contributed by atoms with Crippen LogP contribution in [0.5, 0.6) is 0 Å². The molecule has 126 valence electrons. The molecule has 2 rings (SSSR count). The van der Waals surface area contributed by atoms with Crippen LogP contribution in [0.25, 0.3) is 0 Å². The van der Waals surface area contributed by atoms with Gasteiger partial charge >= 0.3 is 6.18 Å².